The average Bonchev–Trinajstić information content (AvgIpc) is 2.50. The van der Waals surface area contributed by atoms with Gasteiger partial charge in [0, 0.05) is 19.0 Å². The molecular formula is C18H29NO2. The second kappa shape index (κ2) is 5.71. The van der Waals surface area contributed by atoms with Gasteiger partial charge in [-0.05, 0) is 52.8 Å². The maximum Gasteiger partial charge on any atom is 0.0896 e. The van der Waals surface area contributed by atoms with E-state index in [1.165, 1.54) is 11.1 Å². The molecule has 118 valence electrons. The largest absolute Gasteiger partial charge is 0.390 e. The van der Waals surface area contributed by atoms with Crippen LogP contribution in [0.15, 0.2) is 24.3 Å². The first kappa shape index (κ1) is 16.5. The minimum absolute atomic E-state index is 0.113. The molecule has 0 amide bonds. The van der Waals surface area contributed by atoms with E-state index in [1.54, 1.807) is 0 Å². The molecular weight excluding hydrogens is 262 g/mol. The van der Waals surface area contributed by atoms with Crippen molar-refractivity contribution in [3.05, 3.63) is 35.4 Å². The van der Waals surface area contributed by atoms with E-state index in [2.05, 4.69) is 57.0 Å². The Kier molecular flexibility index (Phi) is 4.48. The summed E-state index contributed by atoms with van der Waals surface area (Å²) in [6.07, 6.45) is -0.438. The lowest BCUT2D eigenvalue weighted by atomic mass is 9.84. The number of aliphatic hydroxyl groups excluding tert-OH is 1. The molecule has 1 aliphatic rings. The second-order valence-electron chi connectivity index (χ2n) is 7.48. The number of rotatable bonds is 4. The van der Waals surface area contributed by atoms with E-state index in [0.717, 1.165) is 13.1 Å². The zero-order valence-corrected chi connectivity index (χ0v) is 14.2. The van der Waals surface area contributed by atoms with E-state index >= 15 is 0 Å². The van der Waals surface area contributed by atoms with Gasteiger partial charge >= 0.3 is 0 Å². The van der Waals surface area contributed by atoms with Crippen LogP contribution >= 0.6 is 0 Å². The number of hydrogen-bond acceptors (Lipinski definition) is 3. The molecule has 0 bridgehead atoms. The number of benzene rings is 1. The summed E-state index contributed by atoms with van der Waals surface area (Å²) >= 11 is 0. The summed E-state index contributed by atoms with van der Waals surface area (Å²) in [5, 5.41) is 10.6. The molecule has 1 aliphatic heterocycles. The number of aryl methyl sites for hydroxylation is 1. The highest BCUT2D eigenvalue weighted by Crippen LogP contribution is 2.42. The van der Waals surface area contributed by atoms with Crippen LogP contribution in [0.5, 0.6) is 0 Å². The van der Waals surface area contributed by atoms with Crippen LogP contribution in [-0.2, 0) is 11.3 Å². The van der Waals surface area contributed by atoms with Gasteiger partial charge in [0.25, 0.3) is 0 Å². The third-order valence-electron chi connectivity index (χ3n) is 4.72. The Labute approximate surface area is 128 Å². The summed E-state index contributed by atoms with van der Waals surface area (Å²) in [7, 11) is 2.11. The van der Waals surface area contributed by atoms with Crippen molar-refractivity contribution in [3.63, 3.8) is 0 Å². The zero-order valence-electron chi connectivity index (χ0n) is 14.2. The van der Waals surface area contributed by atoms with Crippen LogP contribution in [-0.4, -0.2) is 40.9 Å². The third-order valence-corrected chi connectivity index (χ3v) is 4.72. The summed E-state index contributed by atoms with van der Waals surface area (Å²) < 4.78 is 6.06. The minimum atomic E-state index is -0.475. The predicted molar refractivity (Wildman–Crippen MR) is 86.3 cm³/mol. The molecule has 1 N–H and O–H groups in total. The van der Waals surface area contributed by atoms with E-state index in [1.807, 2.05) is 13.8 Å². The second-order valence-corrected chi connectivity index (χ2v) is 7.48. The van der Waals surface area contributed by atoms with E-state index in [9.17, 15) is 5.11 Å². The van der Waals surface area contributed by atoms with Crippen LogP contribution in [0.3, 0.4) is 0 Å². The van der Waals surface area contributed by atoms with E-state index in [0.29, 0.717) is 0 Å². The molecule has 0 aliphatic carbocycles. The summed E-state index contributed by atoms with van der Waals surface area (Å²) in [5.74, 6) is 0.113. The van der Waals surface area contributed by atoms with Gasteiger partial charge in [-0.1, -0.05) is 24.3 Å². The van der Waals surface area contributed by atoms with Gasteiger partial charge in [-0.15, -0.1) is 0 Å². The molecule has 2 unspecified atom stereocenters. The highest BCUT2D eigenvalue weighted by molar-refractivity contribution is 5.25. The molecule has 1 aromatic carbocycles. The monoisotopic (exact) mass is 291 g/mol. The van der Waals surface area contributed by atoms with Crippen molar-refractivity contribution in [1.82, 2.24) is 4.90 Å². The number of ether oxygens (including phenoxy) is 1. The maximum atomic E-state index is 10.6. The lowest BCUT2D eigenvalue weighted by molar-refractivity contribution is -0.0912. The van der Waals surface area contributed by atoms with Gasteiger partial charge in [-0.25, -0.2) is 0 Å². The first-order valence-electron chi connectivity index (χ1n) is 7.75. The molecule has 3 heteroatoms. The van der Waals surface area contributed by atoms with Crippen molar-refractivity contribution < 1.29 is 9.84 Å². The third kappa shape index (κ3) is 3.47. The van der Waals surface area contributed by atoms with E-state index in [4.69, 9.17) is 4.74 Å². The standard InChI is InChI=1S/C18H29NO2/c1-13-9-7-8-10-14(13)11-19(6)12-15-16(20)18(4,5)21-17(15,2)3/h7-10,15-16,20H,11-12H2,1-6H3. The van der Waals surface area contributed by atoms with Crippen molar-refractivity contribution in [1.29, 1.82) is 0 Å². The Morgan fingerprint density at radius 3 is 2.29 bits per heavy atom. The Bertz CT molecular complexity index is 496. The van der Waals surface area contributed by atoms with Crippen molar-refractivity contribution in [2.75, 3.05) is 13.6 Å². The fourth-order valence-corrected chi connectivity index (χ4v) is 3.48. The fourth-order valence-electron chi connectivity index (χ4n) is 3.48. The van der Waals surface area contributed by atoms with Crippen LogP contribution in [0.25, 0.3) is 0 Å². The predicted octanol–water partition coefficient (Wildman–Crippen LogP) is 2.99. The molecule has 1 fully saturated rings. The lowest BCUT2D eigenvalue weighted by Gasteiger charge is -2.31. The first-order chi connectivity index (χ1) is 9.63. The van der Waals surface area contributed by atoms with Crippen molar-refractivity contribution >= 4 is 0 Å². The van der Waals surface area contributed by atoms with Crippen LogP contribution in [0.4, 0.5) is 0 Å². The SMILES string of the molecule is Cc1ccccc1CN(C)CC1C(O)C(C)(C)OC1(C)C. The molecule has 1 heterocycles. The van der Waals surface area contributed by atoms with Gasteiger partial charge in [0.1, 0.15) is 0 Å². The Hall–Kier alpha value is -0.900. The zero-order chi connectivity index (χ0) is 15.8. The van der Waals surface area contributed by atoms with Crippen LogP contribution in [0.2, 0.25) is 0 Å². The summed E-state index contributed by atoms with van der Waals surface area (Å²) in [5.41, 5.74) is 1.87. The first-order valence-corrected chi connectivity index (χ1v) is 7.75. The van der Waals surface area contributed by atoms with Gasteiger partial charge < -0.3 is 14.7 Å². The summed E-state index contributed by atoms with van der Waals surface area (Å²) in [6.45, 7) is 12.0. The fraction of sp³-hybridized carbons (Fsp3) is 0.667. The van der Waals surface area contributed by atoms with Crippen molar-refractivity contribution in [3.8, 4) is 0 Å². The molecule has 0 radical (unpaired) electrons. The van der Waals surface area contributed by atoms with Crippen LogP contribution in [0, 0.1) is 12.8 Å². The van der Waals surface area contributed by atoms with E-state index < -0.39 is 11.7 Å². The van der Waals surface area contributed by atoms with Gasteiger partial charge in [0.2, 0.25) is 0 Å². The Morgan fingerprint density at radius 1 is 1.14 bits per heavy atom. The van der Waals surface area contributed by atoms with Gasteiger partial charge in [-0.2, -0.15) is 0 Å². The molecule has 2 rings (SSSR count). The summed E-state index contributed by atoms with van der Waals surface area (Å²) in [6, 6.07) is 8.46. The minimum Gasteiger partial charge on any atom is -0.390 e. The molecule has 1 aromatic rings. The molecule has 0 saturated carbocycles. The molecule has 1 saturated heterocycles. The molecule has 0 spiro atoms. The lowest BCUT2D eigenvalue weighted by Crippen LogP contribution is -2.42. The van der Waals surface area contributed by atoms with Crippen LogP contribution < -0.4 is 0 Å². The normalized spacial score (nSPS) is 27.2. The topological polar surface area (TPSA) is 32.7 Å². The highest BCUT2D eigenvalue weighted by atomic mass is 16.5. The van der Waals surface area contributed by atoms with E-state index in [-0.39, 0.29) is 11.5 Å². The van der Waals surface area contributed by atoms with Crippen LogP contribution in [0.1, 0.15) is 38.8 Å². The van der Waals surface area contributed by atoms with Crippen molar-refractivity contribution in [2.45, 2.75) is 58.5 Å². The smallest absolute Gasteiger partial charge is 0.0896 e. The number of hydrogen-bond donors (Lipinski definition) is 1. The molecule has 2 atom stereocenters. The quantitative estimate of drug-likeness (QED) is 0.925. The molecule has 3 nitrogen and oxygen atoms in total. The number of aliphatic hydroxyl groups is 1. The van der Waals surface area contributed by atoms with Gasteiger partial charge in [0.05, 0.1) is 17.3 Å². The Morgan fingerprint density at radius 2 is 1.76 bits per heavy atom. The van der Waals surface area contributed by atoms with Gasteiger partial charge in [-0.3, -0.25) is 0 Å². The average molecular weight is 291 g/mol. The van der Waals surface area contributed by atoms with Crippen molar-refractivity contribution in [2.24, 2.45) is 5.92 Å². The summed E-state index contributed by atoms with van der Waals surface area (Å²) in [4.78, 5) is 2.28. The molecule has 21 heavy (non-hydrogen) atoms. The van der Waals surface area contributed by atoms with Gasteiger partial charge in [0.15, 0.2) is 0 Å². The number of nitrogens with zero attached hydrogens (tertiary/aromatic N) is 1. The Balaban J connectivity index is 2.06. The maximum absolute atomic E-state index is 10.6. The highest BCUT2D eigenvalue weighted by Gasteiger charge is 2.53. The molecule has 0 aromatic heterocycles.